The van der Waals surface area contributed by atoms with Crippen molar-refractivity contribution in [2.45, 2.75) is 6.92 Å². The van der Waals surface area contributed by atoms with Gasteiger partial charge in [-0.25, -0.2) is 4.39 Å². The molecule has 1 aromatic heterocycles. The number of rotatable bonds is 2. The zero-order chi connectivity index (χ0) is 14.7. The molecule has 2 aromatic rings. The number of pyridine rings is 1. The van der Waals surface area contributed by atoms with Crippen molar-refractivity contribution in [2.75, 3.05) is 5.32 Å². The Balaban J connectivity index is 2.26. The molecular formula is C14H10FN3O2. The number of H-pyrrole nitrogens is 1. The van der Waals surface area contributed by atoms with Crippen LogP contribution in [0.1, 0.15) is 21.5 Å². The van der Waals surface area contributed by atoms with Gasteiger partial charge in [-0.15, -0.1) is 0 Å². The fourth-order valence-corrected chi connectivity index (χ4v) is 1.63. The summed E-state index contributed by atoms with van der Waals surface area (Å²) in [5.74, 6) is -1.17. The van der Waals surface area contributed by atoms with Gasteiger partial charge in [-0.05, 0) is 31.2 Å². The van der Waals surface area contributed by atoms with Crippen LogP contribution in [-0.4, -0.2) is 10.9 Å². The number of halogens is 1. The van der Waals surface area contributed by atoms with Crippen molar-refractivity contribution < 1.29 is 9.18 Å². The lowest BCUT2D eigenvalue weighted by Gasteiger charge is -2.06. The Labute approximate surface area is 113 Å². The summed E-state index contributed by atoms with van der Waals surface area (Å²) in [6, 6.07) is 6.70. The second-order valence-electron chi connectivity index (χ2n) is 4.16. The molecule has 0 unspecified atom stereocenters. The molecule has 1 amide bonds. The Kier molecular flexibility index (Phi) is 3.62. The Bertz CT molecular complexity index is 775. The Morgan fingerprint density at radius 1 is 1.40 bits per heavy atom. The first-order valence-corrected chi connectivity index (χ1v) is 5.71. The number of aromatic nitrogens is 1. The van der Waals surface area contributed by atoms with Gasteiger partial charge in [0.2, 0.25) is 0 Å². The number of carbonyl (C=O) groups excluding carboxylic acids is 1. The summed E-state index contributed by atoms with van der Waals surface area (Å²) in [7, 11) is 0. The van der Waals surface area contributed by atoms with Crippen LogP contribution in [0.15, 0.2) is 35.3 Å². The number of benzene rings is 1. The molecule has 6 heteroatoms. The summed E-state index contributed by atoms with van der Waals surface area (Å²) in [6.07, 6.45) is 1.36. The maximum Gasteiger partial charge on any atom is 0.255 e. The molecule has 1 aromatic carbocycles. The van der Waals surface area contributed by atoms with E-state index in [0.29, 0.717) is 11.3 Å². The largest absolute Gasteiger partial charge is 0.327 e. The highest BCUT2D eigenvalue weighted by Gasteiger charge is 2.10. The lowest BCUT2D eigenvalue weighted by molar-refractivity contribution is 0.102. The molecule has 0 saturated carbocycles. The number of carbonyl (C=O) groups is 1. The van der Waals surface area contributed by atoms with Crippen LogP contribution in [0.3, 0.4) is 0 Å². The van der Waals surface area contributed by atoms with Crippen molar-refractivity contribution in [3.63, 3.8) is 0 Å². The van der Waals surface area contributed by atoms with E-state index in [1.54, 1.807) is 13.0 Å². The van der Waals surface area contributed by atoms with Gasteiger partial charge >= 0.3 is 0 Å². The van der Waals surface area contributed by atoms with E-state index in [1.807, 2.05) is 0 Å². The summed E-state index contributed by atoms with van der Waals surface area (Å²) < 4.78 is 13.2. The molecule has 0 aliphatic carbocycles. The average Bonchev–Trinajstić information content (AvgIpc) is 2.43. The van der Waals surface area contributed by atoms with Gasteiger partial charge in [0.05, 0.1) is 11.3 Å². The molecule has 0 aliphatic heterocycles. The second kappa shape index (κ2) is 5.36. The standard InChI is InChI=1S/C14H10FN3O2/c1-8-4-11(7-17-13(8)19)18-14(20)9-2-3-12(15)10(5-9)6-16/h2-5,7H,1H3,(H,17,19)(H,18,20). The topological polar surface area (TPSA) is 85.8 Å². The van der Waals surface area contributed by atoms with Crippen LogP contribution in [0.5, 0.6) is 0 Å². The molecular weight excluding hydrogens is 261 g/mol. The van der Waals surface area contributed by atoms with Crippen LogP contribution < -0.4 is 10.9 Å². The minimum Gasteiger partial charge on any atom is -0.327 e. The van der Waals surface area contributed by atoms with Crippen LogP contribution in [0, 0.1) is 24.1 Å². The number of nitrogens with one attached hydrogen (secondary N) is 2. The SMILES string of the molecule is Cc1cc(NC(=O)c2ccc(F)c(C#N)c2)c[nH]c1=O. The Hall–Kier alpha value is -2.94. The van der Waals surface area contributed by atoms with Gasteiger partial charge < -0.3 is 10.3 Å². The predicted molar refractivity (Wildman–Crippen MR) is 70.9 cm³/mol. The van der Waals surface area contributed by atoms with Crippen LogP contribution in [-0.2, 0) is 0 Å². The van der Waals surface area contributed by atoms with Gasteiger partial charge in [-0.3, -0.25) is 9.59 Å². The molecule has 0 atom stereocenters. The Morgan fingerprint density at radius 3 is 2.80 bits per heavy atom. The highest BCUT2D eigenvalue weighted by molar-refractivity contribution is 6.04. The number of hydrogen-bond acceptors (Lipinski definition) is 3. The lowest BCUT2D eigenvalue weighted by Crippen LogP contribution is -2.15. The van der Waals surface area contributed by atoms with Gasteiger partial charge in [0.25, 0.3) is 11.5 Å². The van der Waals surface area contributed by atoms with E-state index < -0.39 is 11.7 Å². The third kappa shape index (κ3) is 2.72. The molecule has 1 heterocycles. The van der Waals surface area contributed by atoms with Crippen LogP contribution in [0.2, 0.25) is 0 Å². The number of nitriles is 1. The molecule has 2 rings (SSSR count). The van der Waals surface area contributed by atoms with Crippen molar-refractivity contribution in [1.82, 2.24) is 4.98 Å². The van der Waals surface area contributed by atoms with Gasteiger partial charge in [0.1, 0.15) is 11.9 Å². The van der Waals surface area contributed by atoms with Crippen LogP contribution in [0.4, 0.5) is 10.1 Å². The van der Waals surface area contributed by atoms with Crippen molar-refractivity contribution in [3.8, 4) is 6.07 Å². The molecule has 5 nitrogen and oxygen atoms in total. The van der Waals surface area contributed by atoms with E-state index in [-0.39, 0.29) is 16.7 Å². The zero-order valence-corrected chi connectivity index (χ0v) is 10.5. The van der Waals surface area contributed by atoms with E-state index in [0.717, 1.165) is 6.07 Å². The van der Waals surface area contributed by atoms with Gasteiger partial charge in [-0.2, -0.15) is 5.26 Å². The van der Waals surface area contributed by atoms with Crippen molar-refractivity contribution in [1.29, 1.82) is 5.26 Å². The molecule has 0 bridgehead atoms. The lowest BCUT2D eigenvalue weighted by atomic mass is 10.1. The summed E-state index contributed by atoms with van der Waals surface area (Å²) >= 11 is 0. The van der Waals surface area contributed by atoms with E-state index in [4.69, 9.17) is 5.26 Å². The number of nitrogens with zero attached hydrogens (tertiary/aromatic N) is 1. The second-order valence-corrected chi connectivity index (χ2v) is 4.16. The smallest absolute Gasteiger partial charge is 0.255 e. The van der Waals surface area contributed by atoms with E-state index in [1.165, 1.54) is 24.4 Å². The molecule has 0 aliphatic rings. The normalized spacial score (nSPS) is 9.85. The van der Waals surface area contributed by atoms with Gasteiger partial charge in [-0.1, -0.05) is 0 Å². The van der Waals surface area contributed by atoms with E-state index in [2.05, 4.69) is 10.3 Å². The molecule has 0 spiro atoms. The average molecular weight is 271 g/mol. The first kappa shape index (κ1) is 13.5. The fourth-order valence-electron chi connectivity index (χ4n) is 1.63. The molecule has 20 heavy (non-hydrogen) atoms. The summed E-state index contributed by atoms with van der Waals surface area (Å²) in [5, 5.41) is 11.3. The number of anilines is 1. The third-order valence-corrected chi connectivity index (χ3v) is 2.70. The van der Waals surface area contributed by atoms with Gasteiger partial charge in [0.15, 0.2) is 0 Å². The molecule has 0 radical (unpaired) electrons. The highest BCUT2D eigenvalue weighted by Crippen LogP contribution is 2.12. The number of amides is 1. The first-order valence-electron chi connectivity index (χ1n) is 5.71. The molecule has 0 fully saturated rings. The maximum absolute atomic E-state index is 13.2. The minimum atomic E-state index is -0.677. The zero-order valence-electron chi connectivity index (χ0n) is 10.5. The van der Waals surface area contributed by atoms with Gasteiger partial charge in [0, 0.05) is 17.3 Å². The monoisotopic (exact) mass is 271 g/mol. The number of hydrogen-bond donors (Lipinski definition) is 2. The molecule has 100 valence electrons. The summed E-state index contributed by atoms with van der Waals surface area (Å²) in [5.41, 5.74) is 0.591. The van der Waals surface area contributed by atoms with Crippen molar-refractivity contribution >= 4 is 11.6 Å². The van der Waals surface area contributed by atoms with E-state index in [9.17, 15) is 14.0 Å². The van der Waals surface area contributed by atoms with Crippen LogP contribution in [0.25, 0.3) is 0 Å². The quantitative estimate of drug-likeness (QED) is 0.875. The number of aromatic amines is 1. The van der Waals surface area contributed by atoms with Crippen molar-refractivity contribution in [3.05, 3.63) is 63.3 Å². The van der Waals surface area contributed by atoms with Crippen molar-refractivity contribution in [2.24, 2.45) is 0 Å². The van der Waals surface area contributed by atoms with E-state index >= 15 is 0 Å². The minimum absolute atomic E-state index is 0.159. The summed E-state index contributed by atoms with van der Waals surface area (Å²) in [4.78, 5) is 25.6. The molecule has 0 saturated heterocycles. The predicted octanol–water partition coefficient (Wildman–Crippen LogP) is 1.95. The first-order chi connectivity index (χ1) is 9.51. The summed E-state index contributed by atoms with van der Waals surface area (Å²) in [6.45, 7) is 1.61. The third-order valence-electron chi connectivity index (χ3n) is 2.70. The van der Waals surface area contributed by atoms with Crippen LogP contribution >= 0.6 is 0 Å². The Morgan fingerprint density at radius 2 is 2.15 bits per heavy atom. The molecule has 2 N–H and O–H groups in total. The number of aryl methyl sites for hydroxylation is 1. The fraction of sp³-hybridized carbons (Fsp3) is 0.0714. The maximum atomic E-state index is 13.2. The highest BCUT2D eigenvalue weighted by atomic mass is 19.1.